The molecule has 4 unspecified atom stereocenters. The van der Waals surface area contributed by atoms with Gasteiger partial charge in [0.25, 0.3) is 11.8 Å². The van der Waals surface area contributed by atoms with Crippen LogP contribution in [0.1, 0.15) is 64.9 Å². The standard InChI is InChI=1S/C18H26N2O3.C11H16N2O3.C3H7NO2.C3H7NO.C3H6O.CH4O/c1-13(17(23-2)16-9-6-10-19-16)18(22)20-15(12-21)11-14-7-4-3-5-8-14;1-2-3-7-12-9(14)6-8-13-10(15)4-5-11(13)16;1-4-2-3(5)6;1-4-2-3-5;1-2-3-4;1-2/h3-5,7-8,12-13,15-17,19H,6,9-11H2,1-2H3,(H,20,22);4-5H,2-3,6-8H2,1H3,(H,12,14);4H,2H2,1H3,(H,5,6);3-4H,2H2,1H3;3H,2H2,1H3;2H,1H3. The monoisotopic (exact) mass is 794 g/mol. The molecule has 4 atom stereocenters. The maximum absolute atomic E-state index is 12.5. The Hall–Kier alpha value is -4.68. The average Bonchev–Trinajstić information content (AvgIpc) is 3.85. The van der Waals surface area contributed by atoms with E-state index in [1.807, 2.05) is 51.1 Å². The van der Waals surface area contributed by atoms with Crippen LogP contribution in [0, 0.1) is 5.92 Å². The second-order valence-corrected chi connectivity index (χ2v) is 12.0. The summed E-state index contributed by atoms with van der Waals surface area (Å²) in [6, 6.07) is 9.37. The Morgan fingerprint density at radius 2 is 1.61 bits per heavy atom. The first-order valence-corrected chi connectivity index (χ1v) is 18.6. The van der Waals surface area contributed by atoms with Gasteiger partial charge in [0, 0.05) is 58.3 Å². The second-order valence-electron chi connectivity index (χ2n) is 12.0. The fraction of sp³-hybridized carbons (Fsp3) is 0.590. The van der Waals surface area contributed by atoms with Crippen molar-refractivity contribution in [3.8, 4) is 0 Å². The highest BCUT2D eigenvalue weighted by Crippen LogP contribution is 2.19. The number of carboxylic acid groups (broad SMARTS) is 1. The van der Waals surface area contributed by atoms with E-state index < -0.39 is 12.0 Å². The van der Waals surface area contributed by atoms with Gasteiger partial charge >= 0.3 is 5.97 Å². The predicted molar refractivity (Wildman–Crippen MR) is 214 cm³/mol. The van der Waals surface area contributed by atoms with Crippen molar-refractivity contribution in [2.45, 2.75) is 83.9 Å². The van der Waals surface area contributed by atoms with Gasteiger partial charge in [0.15, 0.2) is 0 Å². The number of amides is 4. The van der Waals surface area contributed by atoms with E-state index in [1.165, 1.54) is 12.2 Å². The van der Waals surface area contributed by atoms with Crippen molar-refractivity contribution in [1.29, 1.82) is 0 Å². The molecular formula is C39H66N6O11. The van der Waals surface area contributed by atoms with E-state index in [-0.39, 0.29) is 61.2 Å². The summed E-state index contributed by atoms with van der Waals surface area (Å²) in [5, 5.41) is 28.9. The number of ether oxygens (including phenoxy) is 1. The molecule has 4 amide bonds. The molecule has 0 radical (unpaired) electrons. The molecule has 318 valence electrons. The number of aliphatic hydroxyl groups excluding tert-OH is 1. The van der Waals surface area contributed by atoms with Crippen molar-refractivity contribution in [2.75, 3.05) is 61.0 Å². The van der Waals surface area contributed by atoms with Gasteiger partial charge in [-0.2, -0.15) is 0 Å². The molecule has 0 bridgehead atoms. The van der Waals surface area contributed by atoms with Gasteiger partial charge in [0.05, 0.1) is 31.2 Å². The number of imide groups is 1. The number of hydrogen-bond acceptors (Lipinski definition) is 13. The molecule has 0 saturated carbocycles. The molecule has 2 aliphatic rings. The molecule has 1 fully saturated rings. The van der Waals surface area contributed by atoms with Crippen molar-refractivity contribution < 1.29 is 53.3 Å². The first-order chi connectivity index (χ1) is 26.9. The van der Waals surface area contributed by atoms with Gasteiger partial charge in [-0.15, -0.1) is 0 Å². The maximum atomic E-state index is 12.5. The Morgan fingerprint density at radius 1 is 1.00 bits per heavy atom. The van der Waals surface area contributed by atoms with Crippen molar-refractivity contribution in [3.05, 3.63) is 48.0 Å². The maximum Gasteiger partial charge on any atom is 0.317 e. The van der Waals surface area contributed by atoms with Gasteiger partial charge in [-0.3, -0.25) is 28.9 Å². The van der Waals surface area contributed by atoms with Gasteiger partial charge in [0.2, 0.25) is 11.8 Å². The largest absolute Gasteiger partial charge is 0.480 e. The van der Waals surface area contributed by atoms with Crippen LogP contribution in [-0.4, -0.2) is 143 Å². The quantitative estimate of drug-likeness (QED) is 0.0571. The molecule has 1 aromatic rings. The minimum absolute atomic E-state index is 0.0417. The number of likely N-dealkylation sites (N-methyl/N-ethyl adjacent to an activating group) is 2. The highest BCUT2D eigenvalue weighted by atomic mass is 16.5. The zero-order valence-electron chi connectivity index (χ0n) is 34.1. The molecule has 2 aliphatic heterocycles. The van der Waals surface area contributed by atoms with Crippen molar-refractivity contribution in [2.24, 2.45) is 5.92 Å². The number of aliphatic hydroxyl groups is 1. The molecule has 1 saturated heterocycles. The fourth-order valence-electron chi connectivity index (χ4n) is 4.77. The number of carboxylic acids is 1. The van der Waals surface area contributed by atoms with Gasteiger partial charge in [-0.05, 0) is 51.9 Å². The highest BCUT2D eigenvalue weighted by Gasteiger charge is 2.33. The number of benzene rings is 1. The summed E-state index contributed by atoms with van der Waals surface area (Å²) in [5.41, 5.74) is 1.03. The van der Waals surface area contributed by atoms with Gasteiger partial charge < -0.3 is 55.9 Å². The molecule has 2 heterocycles. The third kappa shape index (κ3) is 28.7. The molecule has 56 heavy (non-hydrogen) atoms. The van der Waals surface area contributed by atoms with Crippen LogP contribution in [-0.2, 0) is 49.5 Å². The van der Waals surface area contributed by atoms with Gasteiger partial charge in [0.1, 0.15) is 18.9 Å². The van der Waals surface area contributed by atoms with Crippen LogP contribution < -0.4 is 26.6 Å². The lowest BCUT2D eigenvalue weighted by atomic mass is 9.95. The minimum Gasteiger partial charge on any atom is -0.480 e. The number of methoxy groups -OCH3 is 1. The van der Waals surface area contributed by atoms with Crippen LogP contribution in [0.4, 0.5) is 0 Å². The first-order valence-electron chi connectivity index (χ1n) is 18.6. The molecule has 17 heteroatoms. The third-order valence-electron chi connectivity index (χ3n) is 7.56. The number of nitrogens with zero attached hydrogens (tertiary/aromatic N) is 1. The number of aldehydes is 3. The van der Waals surface area contributed by atoms with Crippen molar-refractivity contribution in [1.82, 2.24) is 31.5 Å². The molecule has 0 aromatic heterocycles. The van der Waals surface area contributed by atoms with Crippen LogP contribution in [0.2, 0.25) is 0 Å². The number of rotatable bonds is 19. The lowest BCUT2D eigenvalue weighted by molar-refractivity contribution is -0.138. The Morgan fingerprint density at radius 3 is 2.00 bits per heavy atom. The van der Waals surface area contributed by atoms with Crippen LogP contribution in [0.15, 0.2) is 42.5 Å². The second kappa shape index (κ2) is 38.6. The van der Waals surface area contributed by atoms with E-state index in [0.29, 0.717) is 25.9 Å². The zero-order valence-corrected chi connectivity index (χ0v) is 34.1. The average molecular weight is 795 g/mol. The summed E-state index contributed by atoms with van der Waals surface area (Å²) in [7, 11) is 5.96. The van der Waals surface area contributed by atoms with Crippen LogP contribution in [0.5, 0.6) is 0 Å². The summed E-state index contributed by atoms with van der Waals surface area (Å²) in [6.07, 6.45) is 10.1. The van der Waals surface area contributed by atoms with E-state index in [9.17, 15) is 38.4 Å². The van der Waals surface area contributed by atoms with E-state index in [4.69, 9.17) is 14.9 Å². The van der Waals surface area contributed by atoms with Crippen molar-refractivity contribution in [3.63, 3.8) is 0 Å². The summed E-state index contributed by atoms with van der Waals surface area (Å²) in [4.78, 5) is 86.5. The third-order valence-corrected chi connectivity index (χ3v) is 7.56. The lowest BCUT2D eigenvalue weighted by Crippen LogP contribution is -2.49. The summed E-state index contributed by atoms with van der Waals surface area (Å²) >= 11 is 0. The SMILES string of the molecule is CCC=O.CCCCNC(=O)CCN1C(=O)C=CC1=O.CNCC(=O)O.CNCC=O.CO.COC(C1CCCN1)C(C)C(=O)NC(C=O)Cc1ccccc1. The van der Waals surface area contributed by atoms with Crippen LogP contribution in [0.25, 0.3) is 0 Å². The van der Waals surface area contributed by atoms with E-state index in [2.05, 4.69) is 26.6 Å². The molecule has 1 aromatic carbocycles. The predicted octanol–water partition coefficient (Wildman–Crippen LogP) is 0.433. The minimum atomic E-state index is -0.822. The Balaban J connectivity index is -0.000000732. The molecule has 0 spiro atoms. The topological polar surface area (TPSA) is 250 Å². The van der Waals surface area contributed by atoms with Gasteiger partial charge in [-0.25, -0.2) is 0 Å². The Bertz CT molecular complexity index is 1240. The van der Waals surface area contributed by atoms with E-state index in [1.54, 1.807) is 21.2 Å². The number of aliphatic carboxylic acids is 1. The Kier molecular flexibility index (Phi) is 38.4. The van der Waals surface area contributed by atoms with Crippen LogP contribution in [0.3, 0.4) is 0 Å². The summed E-state index contributed by atoms with van der Waals surface area (Å²) < 4.78 is 5.54. The molecule has 17 nitrogen and oxygen atoms in total. The number of carbonyl (C=O) groups is 8. The zero-order chi connectivity index (χ0) is 43.1. The molecular weight excluding hydrogens is 728 g/mol. The van der Waals surface area contributed by atoms with E-state index in [0.717, 1.165) is 68.7 Å². The number of unbranched alkanes of at least 4 members (excludes halogenated alkanes) is 1. The molecule has 7 N–H and O–H groups in total. The van der Waals surface area contributed by atoms with Crippen LogP contribution >= 0.6 is 0 Å². The summed E-state index contributed by atoms with van der Waals surface area (Å²) in [6.45, 7) is 7.97. The van der Waals surface area contributed by atoms with E-state index >= 15 is 0 Å². The number of hydrogen-bond donors (Lipinski definition) is 7. The smallest absolute Gasteiger partial charge is 0.317 e. The van der Waals surface area contributed by atoms with Gasteiger partial charge in [-0.1, -0.05) is 57.5 Å². The summed E-state index contributed by atoms with van der Waals surface area (Å²) in [5.74, 6) is -2.08. The molecule has 3 rings (SSSR count). The van der Waals surface area contributed by atoms with Crippen molar-refractivity contribution >= 4 is 48.5 Å². The lowest BCUT2D eigenvalue weighted by Gasteiger charge is -2.28. The Labute approximate surface area is 331 Å². The molecule has 0 aliphatic carbocycles. The number of carbonyl (C=O) groups excluding carboxylic acids is 7. The normalized spacial score (nSPS) is 15.1. The number of nitrogens with one attached hydrogen (secondary N) is 5. The first kappa shape index (κ1) is 55.7. The fourth-order valence-corrected chi connectivity index (χ4v) is 4.77. The highest BCUT2D eigenvalue weighted by molar-refractivity contribution is 6.13.